The maximum Gasteiger partial charge on any atom is 0.226 e. The molecule has 1 aromatic heterocycles. The summed E-state index contributed by atoms with van der Waals surface area (Å²) in [7, 11) is 0. The largest absolute Gasteiger partial charge is 0.339 e. The van der Waals surface area contributed by atoms with Gasteiger partial charge in [0.2, 0.25) is 5.89 Å². The van der Waals surface area contributed by atoms with Crippen LogP contribution in [0.2, 0.25) is 0 Å². The van der Waals surface area contributed by atoms with Crippen LogP contribution in [0.3, 0.4) is 0 Å². The van der Waals surface area contributed by atoms with Crippen LogP contribution in [0.25, 0.3) is 0 Å². The molecule has 1 rings (SSSR count). The third-order valence-electron chi connectivity index (χ3n) is 3.21. The fraction of sp³-hybridized carbons (Fsp3) is 0.846. The highest BCUT2D eigenvalue weighted by atomic mass is 16.5. The van der Waals surface area contributed by atoms with Gasteiger partial charge in [0.1, 0.15) is 0 Å². The molecule has 0 amide bonds. The predicted octanol–water partition coefficient (Wildman–Crippen LogP) is 2.75. The minimum absolute atomic E-state index is 0.331. The molecule has 4 nitrogen and oxygen atoms in total. The molecular weight excluding hydrogens is 214 g/mol. The van der Waals surface area contributed by atoms with Crippen LogP contribution in [0.1, 0.15) is 58.2 Å². The number of nitrogens with zero attached hydrogens (tertiary/aromatic N) is 2. The summed E-state index contributed by atoms with van der Waals surface area (Å²) in [6.45, 7) is 9.38. The molecule has 0 fully saturated rings. The van der Waals surface area contributed by atoms with Crippen LogP contribution in [0.15, 0.2) is 4.52 Å². The Balaban J connectivity index is 2.47. The smallest absolute Gasteiger partial charge is 0.226 e. The van der Waals surface area contributed by atoms with E-state index in [2.05, 4.69) is 37.8 Å². The highest BCUT2D eigenvalue weighted by Gasteiger charge is 2.15. The van der Waals surface area contributed by atoms with Crippen molar-refractivity contribution in [2.45, 2.75) is 52.9 Å². The van der Waals surface area contributed by atoms with Crippen LogP contribution in [-0.4, -0.2) is 16.7 Å². The van der Waals surface area contributed by atoms with Crippen LogP contribution >= 0.6 is 0 Å². The number of nitrogens with two attached hydrogens (primary N) is 1. The number of aryl methyl sites for hydroxylation is 1. The van der Waals surface area contributed by atoms with Gasteiger partial charge < -0.3 is 10.3 Å². The second kappa shape index (κ2) is 6.74. The normalized spacial score (nSPS) is 13.6. The van der Waals surface area contributed by atoms with E-state index in [4.69, 9.17) is 10.3 Å². The summed E-state index contributed by atoms with van der Waals surface area (Å²) in [5.74, 6) is 3.20. The molecule has 0 saturated heterocycles. The zero-order chi connectivity index (χ0) is 12.8. The van der Waals surface area contributed by atoms with Crippen molar-refractivity contribution in [3.8, 4) is 0 Å². The first-order chi connectivity index (χ1) is 8.04. The molecule has 2 N–H and O–H groups in total. The summed E-state index contributed by atoms with van der Waals surface area (Å²) in [5.41, 5.74) is 5.63. The highest BCUT2D eigenvalue weighted by molar-refractivity contribution is 4.91. The molecule has 17 heavy (non-hydrogen) atoms. The van der Waals surface area contributed by atoms with Crippen LogP contribution in [-0.2, 0) is 6.42 Å². The summed E-state index contributed by atoms with van der Waals surface area (Å²) in [6.07, 6.45) is 3.01. The van der Waals surface area contributed by atoms with Crippen LogP contribution in [0.4, 0.5) is 0 Å². The van der Waals surface area contributed by atoms with Crippen molar-refractivity contribution in [2.75, 3.05) is 6.54 Å². The van der Waals surface area contributed by atoms with E-state index in [9.17, 15) is 0 Å². The Morgan fingerprint density at radius 1 is 1.18 bits per heavy atom. The van der Waals surface area contributed by atoms with Crippen molar-refractivity contribution >= 4 is 0 Å². The fourth-order valence-electron chi connectivity index (χ4n) is 1.94. The molecular formula is C13H25N3O. The molecule has 0 spiro atoms. The molecule has 1 heterocycles. The summed E-state index contributed by atoms with van der Waals surface area (Å²) < 4.78 is 5.24. The van der Waals surface area contributed by atoms with Crippen molar-refractivity contribution in [2.24, 2.45) is 17.6 Å². The minimum Gasteiger partial charge on any atom is -0.339 e. The Hall–Kier alpha value is -0.900. The molecule has 1 atom stereocenters. The van der Waals surface area contributed by atoms with Crippen LogP contribution in [0.5, 0.6) is 0 Å². The van der Waals surface area contributed by atoms with E-state index >= 15 is 0 Å². The van der Waals surface area contributed by atoms with Crippen molar-refractivity contribution in [3.63, 3.8) is 0 Å². The fourth-order valence-corrected chi connectivity index (χ4v) is 1.94. The van der Waals surface area contributed by atoms with Crippen molar-refractivity contribution in [1.29, 1.82) is 0 Å². The lowest BCUT2D eigenvalue weighted by Gasteiger charge is -2.18. The molecule has 0 aliphatic carbocycles. The summed E-state index contributed by atoms with van der Waals surface area (Å²) >= 11 is 0. The van der Waals surface area contributed by atoms with Gasteiger partial charge in [0, 0.05) is 12.3 Å². The monoisotopic (exact) mass is 239 g/mol. The summed E-state index contributed by atoms with van der Waals surface area (Å²) in [5, 5.41) is 3.97. The first-order valence-corrected chi connectivity index (χ1v) is 6.57. The van der Waals surface area contributed by atoms with E-state index in [0.29, 0.717) is 17.8 Å². The Labute approximate surface area is 104 Å². The lowest BCUT2D eigenvalue weighted by Crippen LogP contribution is -2.15. The Morgan fingerprint density at radius 2 is 1.88 bits per heavy atom. The number of hydrogen-bond donors (Lipinski definition) is 1. The maximum atomic E-state index is 5.63. The molecule has 0 aromatic carbocycles. The molecule has 0 aliphatic rings. The number of hydrogen-bond acceptors (Lipinski definition) is 4. The van der Waals surface area contributed by atoms with Gasteiger partial charge in [-0.15, -0.1) is 0 Å². The van der Waals surface area contributed by atoms with Gasteiger partial charge in [-0.1, -0.05) is 32.9 Å². The Morgan fingerprint density at radius 3 is 2.35 bits per heavy atom. The maximum absolute atomic E-state index is 5.63. The number of aromatic nitrogens is 2. The molecule has 1 aromatic rings. The van der Waals surface area contributed by atoms with E-state index < -0.39 is 0 Å². The van der Waals surface area contributed by atoms with E-state index in [1.165, 1.54) is 0 Å². The Kier molecular flexibility index (Phi) is 5.62. The van der Waals surface area contributed by atoms with Gasteiger partial charge in [0.05, 0.1) is 0 Å². The topological polar surface area (TPSA) is 64.9 Å². The van der Waals surface area contributed by atoms with Gasteiger partial charge in [0.15, 0.2) is 5.82 Å². The van der Waals surface area contributed by atoms with Gasteiger partial charge in [-0.25, -0.2) is 0 Å². The summed E-state index contributed by atoms with van der Waals surface area (Å²) in [6, 6.07) is 0. The molecule has 1 unspecified atom stereocenters. The third kappa shape index (κ3) is 4.46. The van der Waals surface area contributed by atoms with E-state index in [0.717, 1.165) is 37.5 Å². The standard InChI is InChI=1S/C13H25N3O/c1-9(2)11(7-8-14)5-6-12-15-13(10(3)4)16-17-12/h9-11H,5-8,14H2,1-4H3. The molecule has 0 bridgehead atoms. The molecule has 4 heteroatoms. The van der Waals surface area contributed by atoms with Gasteiger partial charge in [0.25, 0.3) is 0 Å². The lowest BCUT2D eigenvalue weighted by atomic mass is 9.88. The third-order valence-corrected chi connectivity index (χ3v) is 3.21. The van der Waals surface area contributed by atoms with E-state index in [-0.39, 0.29) is 0 Å². The van der Waals surface area contributed by atoms with Crippen LogP contribution in [0, 0.1) is 11.8 Å². The minimum atomic E-state index is 0.331. The van der Waals surface area contributed by atoms with Crippen molar-refractivity contribution < 1.29 is 4.52 Å². The van der Waals surface area contributed by atoms with E-state index in [1.54, 1.807) is 0 Å². The first kappa shape index (κ1) is 14.2. The Bertz CT molecular complexity index is 320. The van der Waals surface area contributed by atoms with Gasteiger partial charge in [-0.2, -0.15) is 4.98 Å². The van der Waals surface area contributed by atoms with Crippen molar-refractivity contribution in [3.05, 3.63) is 11.7 Å². The average Bonchev–Trinajstić information content (AvgIpc) is 2.72. The van der Waals surface area contributed by atoms with Gasteiger partial charge in [-0.05, 0) is 31.2 Å². The zero-order valence-corrected chi connectivity index (χ0v) is 11.4. The predicted molar refractivity (Wildman–Crippen MR) is 68.7 cm³/mol. The summed E-state index contributed by atoms with van der Waals surface area (Å²) in [4.78, 5) is 4.39. The SMILES string of the molecule is CC(C)c1noc(CCC(CCN)C(C)C)n1. The second-order valence-electron chi connectivity index (χ2n) is 5.32. The average molecular weight is 239 g/mol. The first-order valence-electron chi connectivity index (χ1n) is 6.57. The molecule has 0 saturated carbocycles. The second-order valence-corrected chi connectivity index (χ2v) is 5.32. The van der Waals surface area contributed by atoms with Crippen molar-refractivity contribution in [1.82, 2.24) is 10.1 Å². The van der Waals surface area contributed by atoms with Crippen LogP contribution < -0.4 is 5.73 Å². The highest BCUT2D eigenvalue weighted by Crippen LogP contribution is 2.21. The quantitative estimate of drug-likeness (QED) is 0.794. The number of rotatable bonds is 7. The lowest BCUT2D eigenvalue weighted by molar-refractivity contribution is 0.312. The van der Waals surface area contributed by atoms with E-state index in [1.807, 2.05) is 0 Å². The van der Waals surface area contributed by atoms with Gasteiger partial charge in [-0.3, -0.25) is 0 Å². The molecule has 0 aliphatic heterocycles. The van der Waals surface area contributed by atoms with Gasteiger partial charge >= 0.3 is 0 Å². The molecule has 98 valence electrons. The zero-order valence-electron chi connectivity index (χ0n) is 11.4. The molecule has 0 radical (unpaired) electrons.